The first kappa shape index (κ1) is 37.4. The van der Waals surface area contributed by atoms with Crippen LogP contribution in [-0.2, 0) is 4.74 Å². The molecule has 2 aliphatic heterocycles. The molecule has 55 heavy (non-hydrogen) atoms. The highest BCUT2D eigenvalue weighted by molar-refractivity contribution is 5.91. The summed E-state index contributed by atoms with van der Waals surface area (Å²) in [6.45, 7) is -0.749. The number of hydrogen-bond acceptors (Lipinski definition) is 16. The van der Waals surface area contributed by atoms with E-state index in [2.05, 4.69) is 0 Å². The Balaban J connectivity index is 1.47. The number of fused-ring (bicyclic) bond motifs is 2. The molecule has 2 aliphatic rings. The van der Waals surface area contributed by atoms with Gasteiger partial charge in [0.1, 0.15) is 58.9 Å². The molecule has 0 spiro atoms. The maximum absolute atomic E-state index is 12.1. The number of hydrogen-bond donors (Lipinski definition) is 11. The van der Waals surface area contributed by atoms with Crippen molar-refractivity contribution in [2.75, 3.05) is 20.8 Å². The Morgan fingerprint density at radius 2 is 1.38 bits per heavy atom. The number of methoxy groups -OCH3 is 2. The molecule has 290 valence electrons. The van der Waals surface area contributed by atoms with Crippen LogP contribution in [0.3, 0.4) is 0 Å². The molecular weight excluding hydrogens is 728 g/mol. The fourth-order valence-electron chi connectivity index (χ4n) is 6.94. The van der Waals surface area contributed by atoms with Crippen LogP contribution in [-0.4, -0.2) is 114 Å². The molecule has 17 nitrogen and oxygen atoms in total. The number of ether oxygens (including phenoxy) is 5. The Labute approximate surface area is 310 Å². The van der Waals surface area contributed by atoms with Gasteiger partial charge in [0.05, 0.1) is 37.9 Å². The van der Waals surface area contributed by atoms with Crippen LogP contribution in [0.25, 0.3) is 22.3 Å². The van der Waals surface area contributed by atoms with Crippen molar-refractivity contribution in [1.82, 2.24) is 0 Å². The fourth-order valence-corrected chi connectivity index (χ4v) is 6.94. The van der Waals surface area contributed by atoms with Crippen molar-refractivity contribution >= 4 is 11.0 Å². The first-order valence-corrected chi connectivity index (χ1v) is 16.7. The summed E-state index contributed by atoms with van der Waals surface area (Å²) in [6.07, 6.45) is -11.3. The highest BCUT2D eigenvalue weighted by atomic mass is 16.7. The second-order valence-electron chi connectivity index (χ2n) is 13.0. The summed E-state index contributed by atoms with van der Waals surface area (Å²) < 4.78 is 34.9. The summed E-state index contributed by atoms with van der Waals surface area (Å²) in [7, 11) is 2.58. The van der Waals surface area contributed by atoms with Gasteiger partial charge >= 0.3 is 11.3 Å². The highest BCUT2D eigenvalue weighted by Gasteiger charge is 2.47. The fraction of sp³-hybridized carbons (Fsp3) is 0.289. The molecule has 17 heteroatoms. The molecule has 1 saturated heterocycles. The van der Waals surface area contributed by atoms with E-state index in [0.717, 1.165) is 6.07 Å². The van der Waals surface area contributed by atoms with Gasteiger partial charge in [0.2, 0.25) is 17.8 Å². The molecule has 4 aromatic carbocycles. The van der Waals surface area contributed by atoms with Gasteiger partial charge in [0, 0.05) is 35.9 Å². The lowest BCUT2D eigenvalue weighted by atomic mass is 9.79. The third kappa shape index (κ3) is 6.41. The van der Waals surface area contributed by atoms with Gasteiger partial charge in [-0.2, -0.15) is 0 Å². The van der Waals surface area contributed by atoms with E-state index in [1.807, 2.05) is 0 Å². The van der Waals surface area contributed by atoms with Gasteiger partial charge in [-0.3, -0.25) is 0 Å². The average Bonchev–Trinajstić information content (AvgIpc) is 3.16. The smallest absolute Gasteiger partial charge is 0.402 e. The highest BCUT2D eigenvalue weighted by Crippen LogP contribution is 2.54. The van der Waals surface area contributed by atoms with E-state index in [1.54, 1.807) is 0 Å². The van der Waals surface area contributed by atoms with Crippen LogP contribution in [0.1, 0.15) is 28.7 Å². The number of phenolic OH excluding ortho intramolecular Hbond substituents is 6. The Morgan fingerprint density at radius 1 is 0.691 bits per heavy atom. The van der Waals surface area contributed by atoms with E-state index in [9.17, 15) is 56.2 Å². The second-order valence-corrected chi connectivity index (χ2v) is 13.0. The predicted molar refractivity (Wildman–Crippen MR) is 188 cm³/mol. The first-order valence-electron chi connectivity index (χ1n) is 16.7. The van der Waals surface area contributed by atoms with Crippen LogP contribution in [0.5, 0.6) is 57.5 Å². The van der Waals surface area contributed by atoms with Gasteiger partial charge in [-0.15, -0.1) is 0 Å². The summed E-state index contributed by atoms with van der Waals surface area (Å²) in [6, 6.07) is 12.7. The van der Waals surface area contributed by atoms with Crippen molar-refractivity contribution in [1.29, 1.82) is 0 Å². The third-order valence-corrected chi connectivity index (χ3v) is 9.73. The monoisotopic (exact) mass is 765 g/mol. The molecule has 5 aromatic rings. The molecular formula is C38H37O17+. The zero-order valence-corrected chi connectivity index (χ0v) is 29.0. The van der Waals surface area contributed by atoms with Crippen LogP contribution in [0.2, 0.25) is 0 Å². The largest absolute Gasteiger partial charge is 0.508 e. The van der Waals surface area contributed by atoms with E-state index < -0.39 is 72.7 Å². The van der Waals surface area contributed by atoms with Crippen molar-refractivity contribution in [2.24, 2.45) is 0 Å². The lowest BCUT2D eigenvalue weighted by molar-refractivity contribution is -0.277. The standard InChI is InChI=1S/C38H36O17/c1-50-24-8-15(9-25(51-2)30(24)45)35-26(53-38-34(49)33(48)31(46)27(13-39)54-38)12-18-19(41)6-4-17(37(18)55-35)28-29-22(44)10-16(40)11-23(29)52-36(32(28)47)14-3-5-20(42)21(43)7-14/h3-12,27-28,31-34,36,38-39,46-49H,13H2,1-2H3,(H5-,40,41,42,43,44,45)/p+1/t27-,28?,31-,32?,33+,34-,36?,38-/m1/s1. The van der Waals surface area contributed by atoms with Gasteiger partial charge in [0.25, 0.3) is 0 Å². The maximum Gasteiger partial charge on any atom is 0.402 e. The lowest BCUT2D eigenvalue weighted by Crippen LogP contribution is -2.60. The molecule has 0 aliphatic carbocycles. The molecule has 3 heterocycles. The van der Waals surface area contributed by atoms with E-state index in [-0.39, 0.29) is 79.2 Å². The van der Waals surface area contributed by atoms with Crippen molar-refractivity contribution in [3.8, 4) is 68.8 Å². The van der Waals surface area contributed by atoms with Crippen LogP contribution >= 0.6 is 0 Å². The Bertz CT molecular complexity index is 2230. The molecule has 1 aromatic heterocycles. The SMILES string of the molecule is COc1cc(-c2[o+]c3c(C4c5c(O)cc(O)cc5OC(c5ccc(O)c(O)c5)C4O)ccc(O)c3cc2O[C@@H]2O[C@H](CO)[C@@H](O)[C@H](O)[C@H]2O)cc(OC)c1O. The quantitative estimate of drug-likeness (QED) is 0.0799. The van der Waals surface area contributed by atoms with E-state index in [1.165, 1.54) is 68.8 Å². The Kier molecular flexibility index (Phi) is 9.76. The summed E-state index contributed by atoms with van der Waals surface area (Å²) in [5.74, 6) is -4.36. The Hall–Kier alpha value is -5.95. The van der Waals surface area contributed by atoms with Gasteiger partial charge in [-0.25, -0.2) is 4.42 Å². The van der Waals surface area contributed by atoms with Gasteiger partial charge < -0.3 is 79.9 Å². The molecule has 0 saturated carbocycles. The molecule has 8 atom stereocenters. The average molecular weight is 766 g/mol. The zero-order chi connectivity index (χ0) is 39.5. The van der Waals surface area contributed by atoms with Crippen molar-refractivity contribution in [2.45, 2.75) is 48.8 Å². The van der Waals surface area contributed by atoms with Crippen LogP contribution in [0.4, 0.5) is 0 Å². The van der Waals surface area contributed by atoms with Crippen LogP contribution in [0.15, 0.2) is 65.1 Å². The number of aliphatic hydroxyl groups is 5. The maximum atomic E-state index is 12.1. The first-order chi connectivity index (χ1) is 26.3. The van der Waals surface area contributed by atoms with E-state index in [4.69, 9.17) is 28.1 Å². The summed E-state index contributed by atoms with van der Waals surface area (Å²) >= 11 is 0. The minimum absolute atomic E-state index is 0.0166. The zero-order valence-electron chi connectivity index (χ0n) is 29.0. The summed E-state index contributed by atoms with van der Waals surface area (Å²) in [5, 5.41) is 117. The number of phenols is 6. The van der Waals surface area contributed by atoms with Crippen LogP contribution in [0, 0.1) is 0 Å². The minimum atomic E-state index is -1.85. The lowest BCUT2D eigenvalue weighted by Gasteiger charge is -2.39. The van der Waals surface area contributed by atoms with Gasteiger partial charge in [0.15, 0.2) is 29.1 Å². The summed E-state index contributed by atoms with van der Waals surface area (Å²) in [4.78, 5) is 0. The van der Waals surface area contributed by atoms with Crippen molar-refractivity contribution in [3.05, 3.63) is 77.4 Å². The van der Waals surface area contributed by atoms with Crippen LogP contribution < -0.4 is 18.9 Å². The number of benzene rings is 4. The number of rotatable bonds is 8. The molecule has 7 rings (SSSR count). The van der Waals surface area contributed by atoms with Crippen molar-refractivity contribution < 1.29 is 84.3 Å². The molecule has 0 bridgehead atoms. The molecule has 0 amide bonds. The van der Waals surface area contributed by atoms with Crippen molar-refractivity contribution in [3.63, 3.8) is 0 Å². The molecule has 11 N–H and O–H groups in total. The second kappa shape index (κ2) is 14.4. The van der Waals surface area contributed by atoms with Gasteiger partial charge in [-0.1, -0.05) is 6.07 Å². The third-order valence-electron chi connectivity index (χ3n) is 9.73. The molecule has 1 fully saturated rings. The molecule has 0 radical (unpaired) electrons. The number of aromatic hydroxyl groups is 6. The topological polar surface area (TPSA) is 280 Å². The normalized spacial score (nSPS) is 24.9. The minimum Gasteiger partial charge on any atom is -0.508 e. The Morgan fingerprint density at radius 3 is 2.04 bits per heavy atom. The van der Waals surface area contributed by atoms with E-state index >= 15 is 0 Å². The predicted octanol–water partition coefficient (Wildman–Crippen LogP) is 2.44. The summed E-state index contributed by atoms with van der Waals surface area (Å²) in [5.41, 5.74) is 0.403. The van der Waals surface area contributed by atoms with E-state index in [0.29, 0.717) is 0 Å². The number of aliphatic hydroxyl groups excluding tert-OH is 5. The van der Waals surface area contributed by atoms with Gasteiger partial charge in [-0.05, 0) is 29.8 Å². The molecule has 3 unspecified atom stereocenters.